The summed E-state index contributed by atoms with van der Waals surface area (Å²) < 4.78 is 6.09. The second-order valence-corrected chi connectivity index (χ2v) is 7.26. The van der Waals surface area contributed by atoms with E-state index in [0.717, 1.165) is 12.0 Å². The fourth-order valence-electron chi connectivity index (χ4n) is 3.50. The topological polar surface area (TPSA) is 29.5 Å². The fraction of sp³-hybridized carbons (Fsp3) is 0.625. The Labute approximate surface area is 120 Å². The molecule has 0 spiro atoms. The third-order valence-electron chi connectivity index (χ3n) is 4.17. The van der Waals surface area contributed by atoms with E-state index in [1.807, 2.05) is 45.0 Å². The van der Waals surface area contributed by atoms with Crippen molar-refractivity contribution < 1.29 is 9.84 Å². The van der Waals surface area contributed by atoms with E-state index in [4.69, 9.17) is 16.3 Å². The molecule has 0 aromatic heterocycles. The quantitative estimate of drug-likeness (QED) is 0.883. The Morgan fingerprint density at radius 1 is 1.26 bits per heavy atom. The van der Waals surface area contributed by atoms with Gasteiger partial charge in [0.25, 0.3) is 0 Å². The zero-order valence-corrected chi connectivity index (χ0v) is 13.1. The van der Waals surface area contributed by atoms with Gasteiger partial charge in [-0.1, -0.05) is 29.8 Å². The third kappa shape index (κ3) is 2.67. The first-order chi connectivity index (χ1) is 8.56. The molecule has 1 saturated heterocycles. The maximum atomic E-state index is 11.1. The summed E-state index contributed by atoms with van der Waals surface area (Å²) in [5, 5.41) is 11.7. The van der Waals surface area contributed by atoms with E-state index in [1.165, 1.54) is 0 Å². The van der Waals surface area contributed by atoms with Crippen LogP contribution in [0.2, 0.25) is 5.02 Å². The molecule has 1 aliphatic heterocycles. The van der Waals surface area contributed by atoms with Crippen LogP contribution in [0.1, 0.15) is 46.6 Å². The largest absolute Gasteiger partial charge is 0.385 e. The van der Waals surface area contributed by atoms with Crippen LogP contribution in [-0.2, 0) is 10.3 Å². The number of hydrogen-bond donors (Lipinski definition) is 1. The molecule has 0 aliphatic carbocycles. The predicted octanol–water partition coefficient (Wildman–Crippen LogP) is 4.14. The third-order valence-corrected chi connectivity index (χ3v) is 4.50. The molecule has 1 aromatic rings. The highest BCUT2D eigenvalue weighted by Gasteiger charge is 2.54. The minimum absolute atomic E-state index is 0.00472. The van der Waals surface area contributed by atoms with Gasteiger partial charge in [0.05, 0.1) is 16.8 Å². The van der Waals surface area contributed by atoms with Gasteiger partial charge in [0.15, 0.2) is 0 Å². The van der Waals surface area contributed by atoms with Gasteiger partial charge < -0.3 is 9.84 Å². The van der Waals surface area contributed by atoms with Crippen LogP contribution in [0.5, 0.6) is 0 Å². The molecule has 2 rings (SSSR count). The highest BCUT2D eigenvalue weighted by atomic mass is 35.5. The van der Waals surface area contributed by atoms with Gasteiger partial charge >= 0.3 is 0 Å². The Balaban J connectivity index is 2.43. The van der Waals surface area contributed by atoms with Gasteiger partial charge in [0.2, 0.25) is 0 Å². The summed E-state index contributed by atoms with van der Waals surface area (Å²) in [5.74, 6) is -0.00472. The number of ether oxygens (including phenoxy) is 1. The molecule has 0 bridgehead atoms. The highest BCUT2D eigenvalue weighted by molar-refractivity contribution is 6.31. The van der Waals surface area contributed by atoms with E-state index in [9.17, 15) is 5.11 Å². The van der Waals surface area contributed by atoms with Crippen LogP contribution in [0.4, 0.5) is 0 Å². The zero-order chi connectivity index (χ0) is 14.5. The minimum Gasteiger partial charge on any atom is -0.385 e. The summed E-state index contributed by atoms with van der Waals surface area (Å²) >= 11 is 6.25. The second kappa shape index (κ2) is 4.47. The van der Waals surface area contributed by atoms with Crippen molar-refractivity contribution in [1.82, 2.24) is 0 Å². The molecule has 2 unspecified atom stereocenters. The number of aliphatic hydroxyl groups is 1. The Hall–Kier alpha value is -0.570. The lowest BCUT2D eigenvalue weighted by atomic mass is 9.72. The van der Waals surface area contributed by atoms with E-state index in [2.05, 4.69) is 13.8 Å². The molecule has 1 aromatic carbocycles. The standard InChI is InChI=1S/C16H23ClO2/c1-14(2)10-13(15(3,4)19-14)16(5,18)11-8-6-7-9-12(11)17/h6-9,13,18H,10H2,1-5H3. The van der Waals surface area contributed by atoms with Crippen molar-refractivity contribution >= 4 is 11.6 Å². The maximum Gasteiger partial charge on any atom is 0.0939 e. The van der Waals surface area contributed by atoms with Crippen LogP contribution >= 0.6 is 11.6 Å². The molecule has 1 fully saturated rings. The monoisotopic (exact) mass is 282 g/mol. The lowest BCUT2D eigenvalue weighted by Crippen LogP contribution is -2.42. The second-order valence-electron chi connectivity index (χ2n) is 6.85. The molecule has 1 aliphatic rings. The average Bonchev–Trinajstić information content (AvgIpc) is 2.47. The maximum absolute atomic E-state index is 11.1. The average molecular weight is 283 g/mol. The summed E-state index contributed by atoms with van der Waals surface area (Å²) in [7, 11) is 0. The van der Waals surface area contributed by atoms with Crippen molar-refractivity contribution in [3.8, 4) is 0 Å². The van der Waals surface area contributed by atoms with Gasteiger partial charge in [-0.15, -0.1) is 0 Å². The Kier molecular flexibility index (Phi) is 3.49. The highest BCUT2D eigenvalue weighted by Crippen LogP contribution is 2.51. The summed E-state index contributed by atoms with van der Waals surface area (Å²) in [6, 6.07) is 7.49. The SMILES string of the molecule is CC1(C)CC(C(C)(O)c2ccccc2Cl)C(C)(C)O1. The summed E-state index contributed by atoms with van der Waals surface area (Å²) in [5.41, 5.74) is -0.836. The molecule has 106 valence electrons. The summed E-state index contributed by atoms with van der Waals surface area (Å²) in [6.45, 7) is 10.1. The predicted molar refractivity (Wildman–Crippen MR) is 78.4 cm³/mol. The summed E-state index contributed by atoms with van der Waals surface area (Å²) in [4.78, 5) is 0. The number of benzene rings is 1. The van der Waals surface area contributed by atoms with Crippen molar-refractivity contribution in [2.75, 3.05) is 0 Å². The zero-order valence-electron chi connectivity index (χ0n) is 12.3. The van der Waals surface area contributed by atoms with Crippen LogP contribution in [0.25, 0.3) is 0 Å². The molecule has 1 heterocycles. The van der Waals surface area contributed by atoms with Crippen molar-refractivity contribution in [1.29, 1.82) is 0 Å². The molecule has 0 radical (unpaired) electrons. The van der Waals surface area contributed by atoms with Crippen LogP contribution in [0.15, 0.2) is 24.3 Å². The van der Waals surface area contributed by atoms with Crippen molar-refractivity contribution in [3.63, 3.8) is 0 Å². The van der Waals surface area contributed by atoms with Gasteiger partial charge in [0, 0.05) is 16.5 Å². The van der Waals surface area contributed by atoms with Crippen LogP contribution in [0, 0.1) is 5.92 Å². The lowest BCUT2D eigenvalue weighted by molar-refractivity contribution is -0.110. The van der Waals surface area contributed by atoms with Crippen molar-refractivity contribution in [2.24, 2.45) is 5.92 Å². The summed E-state index contributed by atoms with van der Waals surface area (Å²) in [6.07, 6.45) is 0.804. The fourth-order valence-corrected chi connectivity index (χ4v) is 3.82. The van der Waals surface area contributed by atoms with Crippen molar-refractivity contribution in [2.45, 2.75) is 57.8 Å². The van der Waals surface area contributed by atoms with E-state index in [-0.39, 0.29) is 17.1 Å². The molecule has 19 heavy (non-hydrogen) atoms. The van der Waals surface area contributed by atoms with Crippen LogP contribution < -0.4 is 0 Å². The van der Waals surface area contributed by atoms with E-state index in [1.54, 1.807) is 0 Å². The number of rotatable bonds is 2. The molecule has 2 atom stereocenters. The normalized spacial score (nSPS) is 28.1. The Morgan fingerprint density at radius 2 is 1.84 bits per heavy atom. The molecule has 1 N–H and O–H groups in total. The van der Waals surface area contributed by atoms with Gasteiger partial charge in [-0.3, -0.25) is 0 Å². The lowest BCUT2D eigenvalue weighted by Gasteiger charge is -2.38. The molecule has 0 saturated carbocycles. The first-order valence-corrected chi connectivity index (χ1v) is 7.12. The van der Waals surface area contributed by atoms with Crippen LogP contribution in [-0.4, -0.2) is 16.3 Å². The molecule has 0 amide bonds. The number of hydrogen-bond acceptors (Lipinski definition) is 2. The first kappa shape index (κ1) is 14.8. The number of halogens is 1. The Bertz CT molecular complexity index is 477. The molecule has 3 heteroatoms. The molecule has 2 nitrogen and oxygen atoms in total. The van der Waals surface area contributed by atoms with Gasteiger partial charge in [0.1, 0.15) is 0 Å². The van der Waals surface area contributed by atoms with E-state index >= 15 is 0 Å². The van der Waals surface area contributed by atoms with Crippen molar-refractivity contribution in [3.05, 3.63) is 34.9 Å². The Morgan fingerprint density at radius 3 is 2.32 bits per heavy atom. The van der Waals surface area contributed by atoms with E-state index in [0.29, 0.717) is 5.02 Å². The minimum atomic E-state index is -1.00. The van der Waals surface area contributed by atoms with Gasteiger partial charge in [-0.25, -0.2) is 0 Å². The molecular weight excluding hydrogens is 260 g/mol. The smallest absolute Gasteiger partial charge is 0.0939 e. The first-order valence-electron chi connectivity index (χ1n) is 6.74. The molecular formula is C16H23ClO2. The van der Waals surface area contributed by atoms with Crippen LogP contribution in [0.3, 0.4) is 0 Å². The van der Waals surface area contributed by atoms with Gasteiger partial charge in [-0.2, -0.15) is 0 Å². The van der Waals surface area contributed by atoms with E-state index < -0.39 is 5.60 Å². The van der Waals surface area contributed by atoms with Gasteiger partial charge in [-0.05, 0) is 47.1 Å².